The molecule has 0 bridgehead atoms. The van der Waals surface area contributed by atoms with Crippen LogP contribution in [0.5, 0.6) is 0 Å². The first-order chi connectivity index (χ1) is 6.24. The number of hydrogen-bond donors (Lipinski definition) is 1. The van der Waals surface area contributed by atoms with Crippen LogP contribution in [0.3, 0.4) is 0 Å². The summed E-state index contributed by atoms with van der Waals surface area (Å²) in [6.45, 7) is 5.59. The Bertz CT molecular complexity index is 280. The smallest absolute Gasteiger partial charge is 0.348 e. The number of aliphatic carboxylic acids is 1. The fourth-order valence-electron chi connectivity index (χ4n) is 0.495. The summed E-state index contributed by atoms with van der Waals surface area (Å²) in [7, 11) is 0. The van der Waals surface area contributed by atoms with Gasteiger partial charge in [0.15, 0.2) is 0 Å². The van der Waals surface area contributed by atoms with Crippen LogP contribution in [0.1, 0.15) is 20.8 Å². The molecule has 0 rings (SSSR count). The topological polar surface area (TPSA) is 62.0 Å². The lowest BCUT2D eigenvalue weighted by Crippen LogP contribution is -2.08. The molecule has 0 saturated heterocycles. The van der Waals surface area contributed by atoms with Crippen LogP contribution >= 0.6 is 23.2 Å². The molecule has 14 heavy (non-hydrogen) atoms. The highest BCUT2D eigenvalue weighted by atomic mass is 35.5. The van der Waals surface area contributed by atoms with E-state index >= 15 is 0 Å². The van der Waals surface area contributed by atoms with Crippen molar-refractivity contribution in [3.63, 3.8) is 0 Å². The van der Waals surface area contributed by atoms with Gasteiger partial charge in [0.2, 0.25) is 0 Å². The molecule has 0 aromatic rings. The Kier molecular flexibility index (Phi) is 5.08. The highest BCUT2D eigenvalue weighted by molar-refractivity contribution is 6.47. The summed E-state index contributed by atoms with van der Waals surface area (Å²) in [5, 5.41) is 15.7. The van der Waals surface area contributed by atoms with Crippen molar-refractivity contribution in [2.45, 2.75) is 26.3 Å². The summed E-state index contributed by atoms with van der Waals surface area (Å²) in [5.41, 5.74) is -0.299. The zero-order valence-electron chi connectivity index (χ0n) is 8.21. The van der Waals surface area contributed by atoms with E-state index in [1.165, 1.54) is 0 Å². The molecule has 1 N–H and O–H groups in total. The van der Waals surface area contributed by atoms with E-state index < -0.39 is 11.0 Å². The molecule has 0 aromatic heterocycles. The van der Waals surface area contributed by atoms with Crippen LogP contribution in [0.4, 0.5) is 0 Å². The third kappa shape index (κ3) is 5.94. The van der Waals surface area contributed by atoms with Gasteiger partial charge >= 0.3 is 5.97 Å². The van der Waals surface area contributed by atoms with Crippen molar-refractivity contribution < 1.29 is 9.90 Å². The molecule has 0 atom stereocenters. The maximum Gasteiger partial charge on any atom is 0.348 e. The van der Waals surface area contributed by atoms with Crippen LogP contribution in [0, 0.1) is 0 Å². The lowest BCUT2D eigenvalue weighted by Gasteiger charge is -2.08. The zero-order valence-corrected chi connectivity index (χ0v) is 9.72. The molecule has 0 unspecified atom stereocenters. The lowest BCUT2D eigenvalue weighted by molar-refractivity contribution is -0.131. The van der Waals surface area contributed by atoms with Crippen molar-refractivity contribution in [2.24, 2.45) is 10.2 Å². The van der Waals surface area contributed by atoms with Crippen LogP contribution in [-0.4, -0.2) is 23.2 Å². The minimum absolute atomic E-state index is 0.00996. The number of azo groups is 1. The van der Waals surface area contributed by atoms with E-state index in [0.29, 0.717) is 0 Å². The fraction of sp³-hybridized carbons (Fsp3) is 0.625. The molecule has 0 saturated carbocycles. The second-order valence-electron chi connectivity index (χ2n) is 3.59. The Morgan fingerprint density at radius 1 is 1.36 bits per heavy atom. The highest BCUT2D eigenvalue weighted by Crippen LogP contribution is 2.15. The molecule has 0 fully saturated rings. The van der Waals surface area contributed by atoms with Crippen LogP contribution < -0.4 is 0 Å². The lowest BCUT2D eigenvalue weighted by atomic mass is 10.1. The normalized spacial score (nSPS) is 14.4. The predicted molar refractivity (Wildman–Crippen MR) is 55.8 cm³/mol. The number of hydrogen-bond acceptors (Lipinski definition) is 3. The standard InChI is InChI=1S/C8H12Cl2N2O2/c1-8(2,3)12-11-4-5(9)6(10)7(13)14/h4H2,1-3H3,(H,13,14). The SMILES string of the molecule is CC(C)(C)N=NCC(Cl)=C(Cl)C(=O)O. The van der Waals surface area contributed by atoms with Crippen LogP contribution in [0.2, 0.25) is 0 Å². The van der Waals surface area contributed by atoms with Gasteiger partial charge in [-0.2, -0.15) is 10.2 Å². The first-order valence-electron chi connectivity index (χ1n) is 3.90. The molecule has 0 spiro atoms. The molecular formula is C8H12Cl2N2O2. The van der Waals surface area contributed by atoms with Crippen molar-refractivity contribution in [3.8, 4) is 0 Å². The van der Waals surface area contributed by atoms with Gasteiger partial charge in [0.25, 0.3) is 0 Å². The minimum Gasteiger partial charge on any atom is -0.477 e. The third-order valence-corrected chi connectivity index (χ3v) is 1.80. The van der Waals surface area contributed by atoms with Crippen molar-refractivity contribution >= 4 is 29.2 Å². The van der Waals surface area contributed by atoms with E-state index in [4.69, 9.17) is 28.3 Å². The monoisotopic (exact) mass is 238 g/mol. The predicted octanol–water partition coefficient (Wildman–Crippen LogP) is 3.01. The van der Waals surface area contributed by atoms with Gasteiger partial charge in [0.1, 0.15) is 5.03 Å². The Labute approximate surface area is 92.6 Å². The van der Waals surface area contributed by atoms with E-state index in [1.807, 2.05) is 20.8 Å². The molecule has 0 amide bonds. The summed E-state index contributed by atoms with van der Waals surface area (Å²) in [5.74, 6) is -1.26. The van der Waals surface area contributed by atoms with Crippen LogP contribution in [-0.2, 0) is 4.79 Å². The molecule has 4 nitrogen and oxygen atoms in total. The molecule has 0 radical (unpaired) electrons. The molecule has 6 heteroatoms. The average Bonchev–Trinajstić information content (AvgIpc) is 2.00. The Morgan fingerprint density at radius 2 is 1.86 bits per heavy atom. The van der Waals surface area contributed by atoms with E-state index in [9.17, 15) is 4.79 Å². The van der Waals surface area contributed by atoms with E-state index in [0.717, 1.165) is 0 Å². The van der Waals surface area contributed by atoms with E-state index in [1.54, 1.807) is 0 Å². The number of rotatable bonds is 3. The highest BCUT2D eigenvalue weighted by Gasteiger charge is 2.10. The van der Waals surface area contributed by atoms with Gasteiger partial charge in [-0.1, -0.05) is 23.2 Å². The fourth-order valence-corrected chi connectivity index (χ4v) is 0.689. The molecule has 0 aliphatic carbocycles. The second-order valence-corrected chi connectivity index (χ2v) is 4.43. The number of carboxylic acid groups (broad SMARTS) is 1. The number of halogens is 2. The summed E-state index contributed by atoms with van der Waals surface area (Å²) < 4.78 is 0. The molecule has 0 heterocycles. The van der Waals surface area contributed by atoms with Gasteiger partial charge in [0.05, 0.1) is 17.1 Å². The first kappa shape index (κ1) is 13.4. The Balaban J connectivity index is 4.36. The Morgan fingerprint density at radius 3 is 2.21 bits per heavy atom. The van der Waals surface area contributed by atoms with E-state index in [2.05, 4.69) is 10.2 Å². The van der Waals surface area contributed by atoms with Crippen molar-refractivity contribution in [1.29, 1.82) is 0 Å². The molecule has 80 valence electrons. The molecule has 0 aliphatic heterocycles. The second kappa shape index (κ2) is 5.32. The first-order valence-corrected chi connectivity index (χ1v) is 4.66. The minimum atomic E-state index is -1.26. The molecule has 0 aromatic carbocycles. The summed E-state index contributed by atoms with van der Waals surface area (Å²) >= 11 is 10.9. The quantitative estimate of drug-likeness (QED) is 0.607. The maximum atomic E-state index is 10.4. The zero-order chi connectivity index (χ0) is 11.4. The summed E-state index contributed by atoms with van der Waals surface area (Å²) in [6.07, 6.45) is 0. The van der Waals surface area contributed by atoms with Crippen molar-refractivity contribution in [3.05, 3.63) is 10.1 Å². The van der Waals surface area contributed by atoms with Gasteiger partial charge in [0, 0.05) is 0 Å². The largest absolute Gasteiger partial charge is 0.477 e. The van der Waals surface area contributed by atoms with Gasteiger partial charge in [-0.15, -0.1) is 0 Å². The third-order valence-electron chi connectivity index (χ3n) is 1.01. The Hall–Kier alpha value is -0.610. The van der Waals surface area contributed by atoms with Crippen molar-refractivity contribution in [1.82, 2.24) is 0 Å². The maximum absolute atomic E-state index is 10.4. The van der Waals surface area contributed by atoms with Crippen LogP contribution in [0.15, 0.2) is 20.3 Å². The number of carbonyl (C=O) groups is 1. The average molecular weight is 239 g/mol. The molecule has 0 aliphatic rings. The van der Waals surface area contributed by atoms with Crippen molar-refractivity contribution in [2.75, 3.05) is 6.54 Å². The molecular weight excluding hydrogens is 227 g/mol. The number of nitrogens with zero attached hydrogens (tertiary/aromatic N) is 2. The summed E-state index contributed by atoms with van der Waals surface area (Å²) in [4.78, 5) is 10.4. The summed E-state index contributed by atoms with van der Waals surface area (Å²) in [6, 6.07) is 0. The van der Waals surface area contributed by atoms with E-state index in [-0.39, 0.29) is 17.1 Å². The van der Waals surface area contributed by atoms with Gasteiger partial charge in [-0.05, 0) is 20.8 Å². The van der Waals surface area contributed by atoms with Crippen LogP contribution in [0.25, 0.3) is 0 Å². The van der Waals surface area contributed by atoms with Gasteiger partial charge in [-0.3, -0.25) is 0 Å². The van der Waals surface area contributed by atoms with Gasteiger partial charge in [-0.25, -0.2) is 4.79 Å². The number of carboxylic acids is 1. The van der Waals surface area contributed by atoms with Gasteiger partial charge < -0.3 is 5.11 Å².